The number of furan rings is 1. The minimum absolute atomic E-state index is 0.985. The molecule has 3 aromatic rings. The van der Waals surface area contributed by atoms with E-state index in [0.717, 1.165) is 11.2 Å². The molecular formula is C16H15NO. The predicted molar refractivity (Wildman–Crippen MR) is 75.2 cm³/mol. The average Bonchev–Trinajstić information content (AvgIpc) is 3.05. The summed E-state index contributed by atoms with van der Waals surface area (Å²) >= 11 is 0. The Balaban J connectivity index is 2.06. The Labute approximate surface area is 106 Å². The van der Waals surface area contributed by atoms with E-state index in [4.69, 9.17) is 4.42 Å². The summed E-state index contributed by atoms with van der Waals surface area (Å²) < 4.78 is 5.93. The van der Waals surface area contributed by atoms with Crippen molar-refractivity contribution in [2.45, 2.75) is 12.8 Å². The lowest BCUT2D eigenvalue weighted by atomic mass is 10.1. The third-order valence-electron chi connectivity index (χ3n) is 3.83. The lowest BCUT2D eigenvalue weighted by Gasteiger charge is -2.18. The molecular weight excluding hydrogens is 222 g/mol. The quantitative estimate of drug-likeness (QED) is 0.631. The van der Waals surface area contributed by atoms with Crippen LogP contribution in [0.15, 0.2) is 46.9 Å². The van der Waals surface area contributed by atoms with Crippen LogP contribution in [0.25, 0.3) is 21.9 Å². The molecule has 0 atom stereocenters. The summed E-state index contributed by atoms with van der Waals surface area (Å²) in [5.41, 5.74) is 3.31. The molecule has 1 aliphatic heterocycles. The van der Waals surface area contributed by atoms with E-state index in [-0.39, 0.29) is 0 Å². The maximum atomic E-state index is 5.93. The number of anilines is 1. The van der Waals surface area contributed by atoms with Crippen LogP contribution in [0.1, 0.15) is 12.8 Å². The molecule has 1 aromatic heterocycles. The largest absolute Gasteiger partial charge is 0.456 e. The van der Waals surface area contributed by atoms with Crippen LogP contribution in [0.2, 0.25) is 0 Å². The number of hydrogen-bond acceptors (Lipinski definition) is 2. The zero-order chi connectivity index (χ0) is 11.9. The molecule has 0 N–H and O–H groups in total. The van der Waals surface area contributed by atoms with Gasteiger partial charge in [0.1, 0.15) is 11.2 Å². The first-order valence-electron chi connectivity index (χ1n) is 6.59. The van der Waals surface area contributed by atoms with Gasteiger partial charge in [0.2, 0.25) is 0 Å². The van der Waals surface area contributed by atoms with Gasteiger partial charge in [-0.25, -0.2) is 0 Å². The van der Waals surface area contributed by atoms with Gasteiger partial charge in [-0.2, -0.15) is 0 Å². The standard InChI is InChI=1S/C16H15NO/c1-2-8-14-12(6-1)16-13(17-10-3-4-11-17)7-5-9-15(16)18-14/h1-2,5-9H,3-4,10-11H2. The number of benzene rings is 2. The third-order valence-corrected chi connectivity index (χ3v) is 3.83. The van der Waals surface area contributed by atoms with Crippen LogP contribution in [-0.4, -0.2) is 13.1 Å². The fraction of sp³-hybridized carbons (Fsp3) is 0.250. The molecule has 0 bridgehead atoms. The van der Waals surface area contributed by atoms with Gasteiger partial charge in [0.25, 0.3) is 0 Å². The van der Waals surface area contributed by atoms with E-state index in [1.54, 1.807) is 0 Å². The third kappa shape index (κ3) is 1.35. The fourth-order valence-electron chi connectivity index (χ4n) is 2.98. The SMILES string of the molecule is c1ccc2c(c1)oc1cccc(N3CCCC3)c12. The Morgan fingerprint density at radius 3 is 2.50 bits per heavy atom. The van der Waals surface area contributed by atoms with Crippen molar-refractivity contribution in [1.82, 2.24) is 0 Å². The highest BCUT2D eigenvalue weighted by molar-refractivity contribution is 6.11. The molecule has 0 amide bonds. The van der Waals surface area contributed by atoms with Crippen LogP contribution in [0.3, 0.4) is 0 Å². The molecule has 1 aliphatic rings. The molecule has 0 radical (unpaired) electrons. The molecule has 0 saturated carbocycles. The lowest BCUT2D eigenvalue weighted by molar-refractivity contribution is 0.669. The molecule has 2 heterocycles. The molecule has 0 aliphatic carbocycles. The van der Waals surface area contributed by atoms with E-state index in [0.29, 0.717) is 0 Å². The van der Waals surface area contributed by atoms with Crippen molar-refractivity contribution in [3.8, 4) is 0 Å². The van der Waals surface area contributed by atoms with Crippen molar-refractivity contribution in [1.29, 1.82) is 0 Å². The summed E-state index contributed by atoms with van der Waals surface area (Å²) in [5.74, 6) is 0. The molecule has 2 aromatic carbocycles. The molecule has 4 rings (SSSR count). The summed E-state index contributed by atoms with van der Waals surface area (Å²) in [7, 11) is 0. The van der Waals surface area contributed by atoms with E-state index in [9.17, 15) is 0 Å². The Bertz CT molecular complexity index is 707. The van der Waals surface area contributed by atoms with Crippen molar-refractivity contribution in [3.05, 3.63) is 42.5 Å². The second-order valence-electron chi connectivity index (χ2n) is 4.94. The Morgan fingerprint density at radius 1 is 0.833 bits per heavy atom. The van der Waals surface area contributed by atoms with E-state index >= 15 is 0 Å². The molecule has 90 valence electrons. The summed E-state index contributed by atoms with van der Waals surface area (Å²) in [6.07, 6.45) is 2.60. The van der Waals surface area contributed by atoms with Crippen LogP contribution in [-0.2, 0) is 0 Å². The smallest absolute Gasteiger partial charge is 0.137 e. The summed E-state index contributed by atoms with van der Waals surface area (Å²) in [5, 5.41) is 2.50. The van der Waals surface area contributed by atoms with Gasteiger partial charge >= 0.3 is 0 Å². The highest BCUT2D eigenvalue weighted by atomic mass is 16.3. The van der Waals surface area contributed by atoms with Gasteiger partial charge in [0.15, 0.2) is 0 Å². The van der Waals surface area contributed by atoms with Gasteiger partial charge in [-0.3, -0.25) is 0 Å². The van der Waals surface area contributed by atoms with Gasteiger partial charge in [-0.1, -0.05) is 24.3 Å². The van der Waals surface area contributed by atoms with Gasteiger partial charge in [0.05, 0.1) is 5.39 Å². The molecule has 1 saturated heterocycles. The number of fused-ring (bicyclic) bond motifs is 3. The second-order valence-corrected chi connectivity index (χ2v) is 4.94. The van der Waals surface area contributed by atoms with Crippen LogP contribution in [0, 0.1) is 0 Å². The summed E-state index contributed by atoms with van der Waals surface area (Å²) in [6, 6.07) is 14.7. The van der Waals surface area contributed by atoms with Crippen molar-refractivity contribution < 1.29 is 4.42 Å². The first-order valence-corrected chi connectivity index (χ1v) is 6.59. The lowest BCUT2D eigenvalue weighted by Crippen LogP contribution is -2.17. The van der Waals surface area contributed by atoms with Crippen LogP contribution in [0.5, 0.6) is 0 Å². The Morgan fingerprint density at radius 2 is 1.61 bits per heavy atom. The van der Waals surface area contributed by atoms with Gasteiger partial charge in [-0.05, 0) is 31.0 Å². The Hall–Kier alpha value is -1.96. The highest BCUT2D eigenvalue weighted by Crippen LogP contribution is 2.36. The topological polar surface area (TPSA) is 16.4 Å². The molecule has 0 unspecified atom stereocenters. The maximum Gasteiger partial charge on any atom is 0.137 e. The predicted octanol–water partition coefficient (Wildman–Crippen LogP) is 4.19. The van der Waals surface area contributed by atoms with Crippen LogP contribution < -0.4 is 4.90 Å². The van der Waals surface area contributed by atoms with Crippen molar-refractivity contribution in [2.75, 3.05) is 18.0 Å². The first-order chi connectivity index (χ1) is 8.93. The normalized spacial score (nSPS) is 15.9. The number of nitrogens with zero attached hydrogens (tertiary/aromatic N) is 1. The first kappa shape index (κ1) is 10.0. The average molecular weight is 237 g/mol. The van der Waals surface area contributed by atoms with Crippen molar-refractivity contribution in [2.24, 2.45) is 0 Å². The minimum atomic E-state index is 0.985. The monoisotopic (exact) mass is 237 g/mol. The zero-order valence-corrected chi connectivity index (χ0v) is 10.2. The van der Waals surface area contributed by atoms with Crippen molar-refractivity contribution in [3.63, 3.8) is 0 Å². The Kier molecular flexibility index (Phi) is 2.10. The van der Waals surface area contributed by atoms with E-state index < -0.39 is 0 Å². The second kappa shape index (κ2) is 3.77. The van der Waals surface area contributed by atoms with Gasteiger partial charge in [0, 0.05) is 24.2 Å². The van der Waals surface area contributed by atoms with Crippen molar-refractivity contribution >= 4 is 27.6 Å². The zero-order valence-electron chi connectivity index (χ0n) is 10.2. The fourth-order valence-corrected chi connectivity index (χ4v) is 2.98. The number of rotatable bonds is 1. The van der Waals surface area contributed by atoms with E-state index in [1.807, 2.05) is 12.1 Å². The maximum absolute atomic E-state index is 5.93. The summed E-state index contributed by atoms with van der Waals surface area (Å²) in [6.45, 7) is 2.33. The number of hydrogen-bond donors (Lipinski definition) is 0. The number of para-hydroxylation sites is 1. The van der Waals surface area contributed by atoms with E-state index in [1.165, 1.54) is 42.4 Å². The molecule has 1 fully saturated rings. The van der Waals surface area contributed by atoms with Crippen LogP contribution in [0.4, 0.5) is 5.69 Å². The van der Waals surface area contributed by atoms with E-state index in [2.05, 4.69) is 35.2 Å². The summed E-state index contributed by atoms with van der Waals surface area (Å²) in [4.78, 5) is 2.48. The minimum Gasteiger partial charge on any atom is -0.456 e. The van der Waals surface area contributed by atoms with Gasteiger partial charge in [-0.15, -0.1) is 0 Å². The molecule has 2 nitrogen and oxygen atoms in total. The molecule has 2 heteroatoms. The van der Waals surface area contributed by atoms with Gasteiger partial charge < -0.3 is 9.32 Å². The molecule has 0 spiro atoms. The van der Waals surface area contributed by atoms with Crippen LogP contribution >= 0.6 is 0 Å². The molecule has 18 heavy (non-hydrogen) atoms. The highest BCUT2D eigenvalue weighted by Gasteiger charge is 2.17.